The number of hydrogen-bond donors (Lipinski definition) is 2. The minimum absolute atomic E-state index is 0.0199. The topological polar surface area (TPSA) is 110 Å². The largest absolute Gasteiger partial charge is 0.480 e. The molecule has 0 heterocycles. The molecule has 0 unspecified atom stereocenters. The highest BCUT2D eigenvalue weighted by molar-refractivity contribution is 8.14. The first-order valence-corrected chi connectivity index (χ1v) is 9.52. The second-order valence-electron chi connectivity index (χ2n) is 6.12. The molecule has 1 atom stereocenters. The van der Waals surface area contributed by atoms with Crippen molar-refractivity contribution in [1.29, 1.82) is 0 Å². The number of ether oxygens (including phenoxy) is 1. The molecule has 0 saturated carbocycles. The van der Waals surface area contributed by atoms with Gasteiger partial charge in [0, 0.05) is 31.2 Å². The molecule has 0 bridgehead atoms. The SMILES string of the molecule is CC(=O)N[C@@H](CSC(=O)c1cc(-c2ccc(F)cc2F)ccc1OC(C)=O)C(=O)O. The van der Waals surface area contributed by atoms with Gasteiger partial charge in [-0.2, -0.15) is 0 Å². The lowest BCUT2D eigenvalue weighted by Crippen LogP contribution is -2.41. The zero-order chi connectivity index (χ0) is 22.4. The number of thioether (sulfide) groups is 1. The van der Waals surface area contributed by atoms with Crippen LogP contribution in [0.2, 0.25) is 0 Å². The van der Waals surface area contributed by atoms with Gasteiger partial charge in [-0.25, -0.2) is 13.6 Å². The van der Waals surface area contributed by atoms with Crippen molar-refractivity contribution in [1.82, 2.24) is 5.32 Å². The predicted molar refractivity (Wildman–Crippen MR) is 105 cm³/mol. The molecule has 2 aromatic carbocycles. The van der Waals surface area contributed by atoms with Gasteiger partial charge in [0.05, 0.1) is 5.56 Å². The van der Waals surface area contributed by atoms with Gasteiger partial charge in [-0.1, -0.05) is 17.8 Å². The maximum absolute atomic E-state index is 14.1. The van der Waals surface area contributed by atoms with Crippen LogP contribution in [0.25, 0.3) is 11.1 Å². The van der Waals surface area contributed by atoms with Crippen LogP contribution in [-0.2, 0) is 14.4 Å². The van der Waals surface area contributed by atoms with Crippen molar-refractivity contribution in [2.45, 2.75) is 19.9 Å². The molecular weight excluding hydrogens is 420 g/mol. The number of aliphatic carboxylic acids is 1. The van der Waals surface area contributed by atoms with Crippen LogP contribution in [0.4, 0.5) is 8.78 Å². The van der Waals surface area contributed by atoms with Gasteiger partial charge < -0.3 is 15.2 Å². The Morgan fingerprint density at radius 1 is 1.10 bits per heavy atom. The van der Waals surface area contributed by atoms with E-state index >= 15 is 0 Å². The molecule has 0 aromatic heterocycles. The summed E-state index contributed by atoms with van der Waals surface area (Å²) in [6.45, 7) is 2.27. The van der Waals surface area contributed by atoms with Crippen LogP contribution in [-0.4, -0.2) is 39.9 Å². The molecule has 0 saturated heterocycles. The third kappa shape index (κ3) is 6.11. The van der Waals surface area contributed by atoms with Gasteiger partial charge in [0.2, 0.25) is 11.0 Å². The minimum Gasteiger partial charge on any atom is -0.480 e. The molecule has 2 aromatic rings. The molecule has 10 heteroatoms. The Labute approximate surface area is 174 Å². The molecule has 30 heavy (non-hydrogen) atoms. The van der Waals surface area contributed by atoms with Gasteiger partial charge in [-0.3, -0.25) is 14.4 Å². The fourth-order valence-corrected chi connectivity index (χ4v) is 3.34. The molecule has 2 rings (SSSR count). The maximum atomic E-state index is 14.1. The van der Waals surface area contributed by atoms with Crippen LogP contribution in [0.5, 0.6) is 5.75 Å². The number of benzene rings is 2. The molecule has 0 aliphatic heterocycles. The molecule has 158 valence electrons. The Bertz CT molecular complexity index is 1010. The molecule has 7 nitrogen and oxygen atoms in total. The summed E-state index contributed by atoms with van der Waals surface area (Å²) in [5, 5.41) is 10.7. The summed E-state index contributed by atoms with van der Waals surface area (Å²) in [7, 11) is 0. The van der Waals surface area contributed by atoms with Crippen molar-refractivity contribution in [3.8, 4) is 16.9 Å². The molecule has 0 fully saturated rings. The van der Waals surface area contributed by atoms with Gasteiger partial charge >= 0.3 is 11.9 Å². The van der Waals surface area contributed by atoms with E-state index in [0.717, 1.165) is 19.9 Å². The highest BCUT2D eigenvalue weighted by Gasteiger charge is 2.23. The van der Waals surface area contributed by atoms with E-state index < -0.39 is 40.6 Å². The second-order valence-corrected chi connectivity index (χ2v) is 7.11. The summed E-state index contributed by atoms with van der Waals surface area (Å²) in [5.41, 5.74) is 0.138. The Morgan fingerprint density at radius 3 is 2.37 bits per heavy atom. The lowest BCUT2D eigenvalue weighted by atomic mass is 10.0. The fourth-order valence-electron chi connectivity index (χ4n) is 2.48. The quantitative estimate of drug-likeness (QED) is 0.506. The summed E-state index contributed by atoms with van der Waals surface area (Å²) in [5.74, 6) is -4.61. The van der Waals surface area contributed by atoms with Crippen LogP contribution in [0.3, 0.4) is 0 Å². The number of halogens is 2. The monoisotopic (exact) mass is 437 g/mol. The average Bonchev–Trinajstić information content (AvgIpc) is 2.64. The standard InChI is InChI=1S/C20H17F2NO6S/c1-10(24)23-17(19(26)27)9-30-20(28)15-7-12(3-6-18(15)29-11(2)25)14-5-4-13(21)8-16(14)22/h3-8,17H,9H2,1-2H3,(H,23,24)(H,26,27)/t17-/m0/s1. The molecule has 0 aliphatic rings. The fraction of sp³-hybridized carbons (Fsp3) is 0.200. The summed E-state index contributed by atoms with van der Waals surface area (Å²) < 4.78 is 32.3. The summed E-state index contributed by atoms with van der Waals surface area (Å²) >= 11 is 0.580. The van der Waals surface area contributed by atoms with E-state index in [1.807, 2.05) is 0 Å². The summed E-state index contributed by atoms with van der Waals surface area (Å²) in [6, 6.07) is 5.58. The number of carboxylic acid groups (broad SMARTS) is 1. The Hall–Kier alpha value is -3.27. The van der Waals surface area contributed by atoms with E-state index in [1.54, 1.807) is 0 Å². The number of nitrogens with one attached hydrogen (secondary N) is 1. The average molecular weight is 437 g/mol. The highest BCUT2D eigenvalue weighted by Crippen LogP contribution is 2.31. The highest BCUT2D eigenvalue weighted by atomic mass is 32.2. The lowest BCUT2D eigenvalue weighted by molar-refractivity contribution is -0.140. The number of hydrogen-bond acceptors (Lipinski definition) is 6. The first kappa shape index (κ1) is 23.0. The second kappa shape index (κ2) is 9.97. The Balaban J connectivity index is 2.36. The molecular formula is C20H17F2NO6S. The van der Waals surface area contributed by atoms with Gasteiger partial charge in [-0.15, -0.1) is 0 Å². The predicted octanol–water partition coefficient (Wildman–Crippen LogP) is 3.02. The van der Waals surface area contributed by atoms with E-state index in [1.165, 1.54) is 24.3 Å². The Morgan fingerprint density at radius 2 is 1.80 bits per heavy atom. The number of amides is 1. The van der Waals surface area contributed by atoms with E-state index in [4.69, 9.17) is 9.84 Å². The number of carbonyl (C=O) groups excluding carboxylic acids is 3. The summed E-state index contributed by atoms with van der Waals surface area (Å²) in [6.07, 6.45) is 0. The normalized spacial score (nSPS) is 11.5. The van der Waals surface area contributed by atoms with Crippen molar-refractivity contribution >= 4 is 34.7 Å². The maximum Gasteiger partial charge on any atom is 0.327 e. The molecule has 0 spiro atoms. The van der Waals surface area contributed by atoms with E-state index in [0.29, 0.717) is 17.8 Å². The zero-order valence-electron chi connectivity index (χ0n) is 15.9. The lowest BCUT2D eigenvalue weighted by Gasteiger charge is -2.14. The van der Waals surface area contributed by atoms with Crippen LogP contribution < -0.4 is 10.1 Å². The van der Waals surface area contributed by atoms with E-state index in [2.05, 4.69) is 5.32 Å². The molecule has 1 amide bonds. The van der Waals surface area contributed by atoms with Gasteiger partial charge in [0.1, 0.15) is 23.4 Å². The van der Waals surface area contributed by atoms with Crippen molar-refractivity contribution in [3.05, 3.63) is 53.6 Å². The van der Waals surface area contributed by atoms with Gasteiger partial charge in [0.25, 0.3) is 0 Å². The first-order valence-electron chi connectivity index (χ1n) is 8.53. The van der Waals surface area contributed by atoms with Crippen LogP contribution in [0.1, 0.15) is 24.2 Å². The Kier molecular flexibility index (Phi) is 7.65. The number of rotatable bonds is 7. The van der Waals surface area contributed by atoms with Crippen LogP contribution in [0.15, 0.2) is 36.4 Å². The van der Waals surface area contributed by atoms with Crippen molar-refractivity contribution in [2.75, 3.05) is 5.75 Å². The zero-order valence-corrected chi connectivity index (χ0v) is 16.7. The number of esters is 1. The smallest absolute Gasteiger partial charge is 0.327 e. The van der Waals surface area contributed by atoms with Gasteiger partial charge in [0.15, 0.2) is 0 Å². The van der Waals surface area contributed by atoms with Crippen molar-refractivity contribution in [2.24, 2.45) is 0 Å². The van der Waals surface area contributed by atoms with Crippen LogP contribution in [0, 0.1) is 11.6 Å². The van der Waals surface area contributed by atoms with Gasteiger partial charge in [-0.05, 0) is 29.8 Å². The molecule has 0 aliphatic carbocycles. The summed E-state index contributed by atoms with van der Waals surface area (Å²) in [4.78, 5) is 46.4. The van der Waals surface area contributed by atoms with E-state index in [9.17, 15) is 28.0 Å². The number of carboxylic acids is 1. The first-order chi connectivity index (χ1) is 14.1. The third-order valence-corrected chi connectivity index (χ3v) is 4.73. The van der Waals surface area contributed by atoms with E-state index in [-0.39, 0.29) is 28.2 Å². The molecule has 2 N–H and O–H groups in total. The molecule has 0 radical (unpaired) electrons. The van der Waals surface area contributed by atoms with Crippen molar-refractivity contribution in [3.63, 3.8) is 0 Å². The van der Waals surface area contributed by atoms with Crippen LogP contribution >= 0.6 is 11.8 Å². The number of carbonyl (C=O) groups is 4. The van der Waals surface area contributed by atoms with Crippen molar-refractivity contribution < 1.29 is 37.8 Å². The third-order valence-electron chi connectivity index (χ3n) is 3.75. The minimum atomic E-state index is -1.33.